The summed E-state index contributed by atoms with van der Waals surface area (Å²) >= 11 is 0. The van der Waals surface area contributed by atoms with E-state index >= 15 is 0 Å². The minimum atomic E-state index is 0.699. The largest absolute Gasteiger partial charge is 0.399 e. The second-order valence-corrected chi connectivity index (χ2v) is 3.96. The van der Waals surface area contributed by atoms with E-state index in [1.807, 2.05) is 42.6 Å². The lowest BCUT2D eigenvalue weighted by Gasteiger charge is -2.07. The Morgan fingerprint density at radius 1 is 1.11 bits per heavy atom. The Hall–Kier alpha value is -2.89. The summed E-state index contributed by atoms with van der Waals surface area (Å²) in [7, 11) is 0. The fraction of sp³-hybridized carbons (Fsp3) is 0. The third-order valence-electron chi connectivity index (χ3n) is 2.57. The van der Waals surface area contributed by atoms with Crippen LogP contribution in [-0.4, -0.2) is 19.7 Å². The molecule has 3 N–H and O–H groups in total. The minimum absolute atomic E-state index is 0.699. The number of nitrogens with zero attached hydrogens (tertiary/aromatic N) is 4. The summed E-state index contributed by atoms with van der Waals surface area (Å²) in [5, 5.41) is 7.31. The summed E-state index contributed by atoms with van der Waals surface area (Å²) in [5.74, 6) is 1.41. The van der Waals surface area contributed by atoms with Gasteiger partial charge in [-0.2, -0.15) is 5.10 Å². The van der Waals surface area contributed by atoms with Gasteiger partial charge in [0.05, 0.1) is 0 Å². The number of anilines is 3. The highest BCUT2D eigenvalue weighted by Crippen LogP contribution is 2.16. The monoisotopic (exact) mass is 252 g/mol. The molecular formula is C13H12N6. The van der Waals surface area contributed by atoms with Crippen LogP contribution in [0.5, 0.6) is 0 Å². The van der Waals surface area contributed by atoms with Crippen LogP contribution in [0.15, 0.2) is 55.1 Å². The molecule has 0 saturated carbocycles. The van der Waals surface area contributed by atoms with E-state index in [1.54, 1.807) is 10.9 Å². The summed E-state index contributed by atoms with van der Waals surface area (Å²) in [6, 6.07) is 11.1. The Morgan fingerprint density at radius 2 is 1.95 bits per heavy atom. The molecule has 0 bridgehead atoms. The zero-order valence-electron chi connectivity index (χ0n) is 10.1. The average molecular weight is 252 g/mol. The van der Waals surface area contributed by atoms with Gasteiger partial charge in [-0.15, -0.1) is 0 Å². The third kappa shape index (κ3) is 2.52. The average Bonchev–Trinajstić information content (AvgIpc) is 2.96. The van der Waals surface area contributed by atoms with Gasteiger partial charge in [-0.1, -0.05) is 0 Å². The number of nitrogen functional groups attached to an aromatic ring is 1. The molecule has 2 aromatic heterocycles. The van der Waals surface area contributed by atoms with Crippen molar-refractivity contribution < 1.29 is 0 Å². The number of nitrogens with one attached hydrogen (secondary N) is 1. The molecule has 2 heterocycles. The molecule has 0 amide bonds. The van der Waals surface area contributed by atoms with Crippen molar-refractivity contribution in [3.8, 4) is 5.82 Å². The molecule has 19 heavy (non-hydrogen) atoms. The van der Waals surface area contributed by atoms with Crippen LogP contribution in [0.25, 0.3) is 5.82 Å². The minimum Gasteiger partial charge on any atom is -0.399 e. The van der Waals surface area contributed by atoms with Crippen LogP contribution in [0.1, 0.15) is 0 Å². The highest BCUT2D eigenvalue weighted by molar-refractivity contribution is 5.59. The molecule has 0 spiro atoms. The van der Waals surface area contributed by atoms with Crippen LogP contribution >= 0.6 is 0 Å². The van der Waals surface area contributed by atoms with E-state index < -0.39 is 0 Å². The number of hydrogen-bond acceptors (Lipinski definition) is 5. The Morgan fingerprint density at radius 3 is 2.68 bits per heavy atom. The zero-order chi connectivity index (χ0) is 13.1. The van der Waals surface area contributed by atoms with Crippen molar-refractivity contribution in [2.24, 2.45) is 0 Å². The van der Waals surface area contributed by atoms with E-state index in [0.29, 0.717) is 11.6 Å². The van der Waals surface area contributed by atoms with E-state index in [1.165, 1.54) is 6.33 Å². The summed E-state index contributed by atoms with van der Waals surface area (Å²) in [4.78, 5) is 8.34. The molecule has 0 atom stereocenters. The van der Waals surface area contributed by atoms with Crippen LogP contribution in [-0.2, 0) is 0 Å². The first-order valence-electron chi connectivity index (χ1n) is 5.76. The Kier molecular flexibility index (Phi) is 2.82. The number of hydrogen-bond donors (Lipinski definition) is 2. The van der Waals surface area contributed by atoms with Gasteiger partial charge in [-0.25, -0.2) is 14.6 Å². The van der Waals surface area contributed by atoms with E-state index in [-0.39, 0.29) is 0 Å². The Labute approximate surface area is 109 Å². The van der Waals surface area contributed by atoms with Crippen LogP contribution in [0.3, 0.4) is 0 Å². The Balaban J connectivity index is 1.85. The van der Waals surface area contributed by atoms with Crippen molar-refractivity contribution in [1.82, 2.24) is 19.7 Å². The van der Waals surface area contributed by atoms with E-state index in [2.05, 4.69) is 20.4 Å². The first-order chi connectivity index (χ1) is 9.31. The van der Waals surface area contributed by atoms with Gasteiger partial charge in [-0.05, 0) is 30.3 Å². The second kappa shape index (κ2) is 4.77. The molecule has 0 aliphatic rings. The smallest absolute Gasteiger partial charge is 0.158 e. The number of rotatable bonds is 3. The molecule has 3 rings (SSSR count). The molecule has 0 fully saturated rings. The van der Waals surface area contributed by atoms with Gasteiger partial charge in [0.2, 0.25) is 0 Å². The lowest BCUT2D eigenvalue weighted by Crippen LogP contribution is -2.01. The molecule has 0 aliphatic heterocycles. The molecule has 6 nitrogen and oxygen atoms in total. The molecule has 0 radical (unpaired) electrons. The van der Waals surface area contributed by atoms with Gasteiger partial charge in [0.1, 0.15) is 12.1 Å². The van der Waals surface area contributed by atoms with E-state index in [9.17, 15) is 0 Å². The highest BCUT2D eigenvalue weighted by Gasteiger charge is 2.01. The van der Waals surface area contributed by atoms with Gasteiger partial charge in [0.25, 0.3) is 0 Å². The van der Waals surface area contributed by atoms with Gasteiger partial charge < -0.3 is 11.1 Å². The standard InChI is InChI=1S/C13H12N6/c14-10-2-4-11(5-3-10)18-12-8-13(16-9-15-12)19-7-1-6-17-19/h1-9H,14H2,(H,15,16,18). The van der Waals surface area contributed by atoms with Gasteiger partial charge in [-0.3, -0.25) is 0 Å². The van der Waals surface area contributed by atoms with Crippen molar-refractivity contribution >= 4 is 17.2 Å². The predicted octanol–water partition coefficient (Wildman–Crippen LogP) is 1.99. The van der Waals surface area contributed by atoms with E-state index in [0.717, 1.165) is 11.4 Å². The van der Waals surface area contributed by atoms with Crippen molar-refractivity contribution in [3.63, 3.8) is 0 Å². The molecule has 0 saturated heterocycles. The van der Waals surface area contributed by atoms with Gasteiger partial charge >= 0.3 is 0 Å². The number of benzene rings is 1. The molecule has 3 aromatic rings. The van der Waals surface area contributed by atoms with Crippen LogP contribution in [0, 0.1) is 0 Å². The fourth-order valence-electron chi connectivity index (χ4n) is 1.66. The summed E-state index contributed by atoms with van der Waals surface area (Å²) < 4.78 is 1.68. The topological polar surface area (TPSA) is 81.6 Å². The lowest BCUT2D eigenvalue weighted by molar-refractivity contribution is 0.840. The third-order valence-corrected chi connectivity index (χ3v) is 2.57. The molecular weight excluding hydrogens is 240 g/mol. The van der Waals surface area contributed by atoms with Crippen LogP contribution in [0.4, 0.5) is 17.2 Å². The summed E-state index contributed by atoms with van der Waals surface area (Å²) in [6.07, 6.45) is 5.03. The van der Waals surface area contributed by atoms with Gasteiger partial charge in [0, 0.05) is 29.8 Å². The lowest BCUT2D eigenvalue weighted by atomic mass is 10.3. The van der Waals surface area contributed by atoms with Crippen molar-refractivity contribution in [2.75, 3.05) is 11.1 Å². The SMILES string of the molecule is Nc1ccc(Nc2cc(-n3cccn3)ncn2)cc1. The maximum absolute atomic E-state index is 5.64. The Bertz CT molecular complexity index is 660. The quantitative estimate of drug-likeness (QED) is 0.697. The van der Waals surface area contributed by atoms with Crippen molar-refractivity contribution in [3.05, 3.63) is 55.1 Å². The summed E-state index contributed by atoms with van der Waals surface area (Å²) in [6.45, 7) is 0. The van der Waals surface area contributed by atoms with Crippen molar-refractivity contribution in [1.29, 1.82) is 0 Å². The number of nitrogens with two attached hydrogens (primary N) is 1. The molecule has 0 unspecified atom stereocenters. The summed E-state index contributed by atoms with van der Waals surface area (Å²) in [5.41, 5.74) is 7.29. The zero-order valence-corrected chi connectivity index (χ0v) is 10.1. The first kappa shape index (κ1) is 11.2. The first-order valence-corrected chi connectivity index (χ1v) is 5.76. The molecule has 0 aliphatic carbocycles. The fourth-order valence-corrected chi connectivity index (χ4v) is 1.66. The van der Waals surface area contributed by atoms with Crippen LogP contribution < -0.4 is 11.1 Å². The highest BCUT2D eigenvalue weighted by atomic mass is 15.3. The second-order valence-electron chi connectivity index (χ2n) is 3.96. The normalized spacial score (nSPS) is 10.3. The maximum atomic E-state index is 5.64. The predicted molar refractivity (Wildman–Crippen MR) is 73.3 cm³/mol. The van der Waals surface area contributed by atoms with Gasteiger partial charge in [0.15, 0.2) is 5.82 Å². The molecule has 1 aromatic carbocycles. The van der Waals surface area contributed by atoms with E-state index in [4.69, 9.17) is 5.73 Å². The molecule has 6 heteroatoms. The maximum Gasteiger partial charge on any atom is 0.158 e. The van der Waals surface area contributed by atoms with Crippen molar-refractivity contribution in [2.45, 2.75) is 0 Å². The molecule has 94 valence electrons. The van der Waals surface area contributed by atoms with Crippen LogP contribution in [0.2, 0.25) is 0 Å². The number of aromatic nitrogens is 4.